The third kappa shape index (κ3) is 2.02. The Morgan fingerprint density at radius 1 is 1.50 bits per heavy atom. The lowest BCUT2D eigenvalue weighted by molar-refractivity contribution is -0.385. The Labute approximate surface area is 108 Å². The van der Waals surface area contributed by atoms with Gasteiger partial charge >= 0.3 is 0 Å². The Hall–Kier alpha value is -2.08. The van der Waals surface area contributed by atoms with Gasteiger partial charge in [0.05, 0.1) is 22.7 Å². The van der Waals surface area contributed by atoms with Crippen LogP contribution >= 0.6 is 11.6 Å². The van der Waals surface area contributed by atoms with Gasteiger partial charge in [0.25, 0.3) is 5.69 Å². The molecule has 0 fully saturated rings. The minimum absolute atomic E-state index is 0.0380. The van der Waals surface area contributed by atoms with Gasteiger partial charge in [-0.05, 0) is 6.92 Å². The summed E-state index contributed by atoms with van der Waals surface area (Å²) in [5.41, 5.74) is 6.34. The molecule has 0 bridgehead atoms. The summed E-state index contributed by atoms with van der Waals surface area (Å²) < 4.78 is 1.46. The van der Waals surface area contributed by atoms with Crippen molar-refractivity contribution in [3.8, 4) is 0 Å². The summed E-state index contributed by atoms with van der Waals surface area (Å²) in [6.07, 6.45) is 1.42. The molecule has 0 aliphatic rings. The highest BCUT2D eigenvalue weighted by molar-refractivity contribution is 6.32. The van der Waals surface area contributed by atoms with E-state index in [2.05, 4.69) is 5.10 Å². The average Bonchev–Trinajstić information content (AvgIpc) is 2.69. The third-order valence-corrected chi connectivity index (χ3v) is 3.03. The molecule has 0 saturated carbocycles. The maximum atomic E-state index is 11.0. The lowest BCUT2D eigenvalue weighted by Crippen LogP contribution is -2.13. The molecule has 1 aromatic carbocycles. The van der Waals surface area contributed by atoms with Crippen molar-refractivity contribution in [2.24, 2.45) is 0 Å². The van der Waals surface area contributed by atoms with Crippen molar-refractivity contribution in [1.29, 1.82) is 0 Å². The molecule has 1 atom stereocenters. The van der Waals surface area contributed by atoms with Crippen LogP contribution in [0.3, 0.4) is 0 Å². The monoisotopic (exact) mass is 266 g/mol. The van der Waals surface area contributed by atoms with Crippen LogP contribution < -0.4 is 5.73 Å². The molecule has 0 amide bonds. The van der Waals surface area contributed by atoms with Crippen molar-refractivity contribution in [1.82, 2.24) is 9.78 Å². The van der Waals surface area contributed by atoms with Crippen molar-refractivity contribution < 1.29 is 4.92 Å². The molecule has 2 N–H and O–H groups in total. The zero-order chi connectivity index (χ0) is 13.3. The highest BCUT2D eigenvalue weighted by atomic mass is 35.5. The summed E-state index contributed by atoms with van der Waals surface area (Å²) in [6, 6.07) is 6.12. The molecular formula is C11H11ClN4O2. The van der Waals surface area contributed by atoms with Gasteiger partial charge in [0.1, 0.15) is 10.8 Å². The minimum Gasteiger partial charge on any atom is -0.383 e. The number of hydrogen-bond donors (Lipinski definition) is 1. The third-order valence-electron chi connectivity index (χ3n) is 2.74. The molecule has 7 heteroatoms. The summed E-state index contributed by atoms with van der Waals surface area (Å²) >= 11 is 5.82. The molecule has 0 spiro atoms. The smallest absolute Gasteiger partial charge is 0.274 e. The normalized spacial score (nSPS) is 12.3. The van der Waals surface area contributed by atoms with Gasteiger partial charge in [0.2, 0.25) is 0 Å². The van der Waals surface area contributed by atoms with Crippen molar-refractivity contribution in [3.63, 3.8) is 0 Å². The molecule has 2 rings (SSSR count). The number of halogens is 1. The Balaban J connectivity index is 2.49. The van der Waals surface area contributed by atoms with Gasteiger partial charge in [0.15, 0.2) is 0 Å². The first-order chi connectivity index (χ1) is 8.52. The molecule has 0 aliphatic carbocycles. The lowest BCUT2D eigenvalue weighted by atomic mass is 10.1. The number of rotatable bonds is 3. The van der Waals surface area contributed by atoms with E-state index in [1.807, 2.05) is 0 Å². The van der Waals surface area contributed by atoms with Gasteiger partial charge in [-0.25, -0.2) is 4.68 Å². The number of nitro benzene ring substituents is 1. The quantitative estimate of drug-likeness (QED) is 0.683. The van der Waals surface area contributed by atoms with Gasteiger partial charge in [-0.3, -0.25) is 10.1 Å². The van der Waals surface area contributed by atoms with Crippen LogP contribution in [0.4, 0.5) is 11.5 Å². The number of anilines is 1. The van der Waals surface area contributed by atoms with Gasteiger partial charge in [0, 0.05) is 6.07 Å². The topological polar surface area (TPSA) is 87.0 Å². The zero-order valence-electron chi connectivity index (χ0n) is 9.58. The fraction of sp³-hybridized carbons (Fsp3) is 0.182. The number of hydrogen-bond acceptors (Lipinski definition) is 4. The van der Waals surface area contributed by atoms with E-state index in [0.29, 0.717) is 16.4 Å². The summed E-state index contributed by atoms with van der Waals surface area (Å²) in [6.45, 7) is 1.78. The molecule has 2 aromatic rings. The average molecular weight is 267 g/mol. The Morgan fingerprint density at radius 2 is 2.17 bits per heavy atom. The standard InChI is InChI=1S/C11H11ClN4O2/c1-7(15-11(13)9(12)6-14-15)8-4-2-3-5-10(8)16(17)18/h2-7H,13H2,1H3. The van der Waals surface area contributed by atoms with Gasteiger partial charge < -0.3 is 5.73 Å². The number of nitrogens with two attached hydrogens (primary N) is 1. The van der Waals surface area contributed by atoms with Crippen molar-refractivity contribution >= 4 is 23.1 Å². The van der Waals surface area contributed by atoms with Crippen molar-refractivity contribution in [2.45, 2.75) is 13.0 Å². The van der Waals surface area contributed by atoms with E-state index in [9.17, 15) is 10.1 Å². The molecule has 0 aliphatic heterocycles. The molecule has 1 aromatic heterocycles. The maximum absolute atomic E-state index is 11.0. The number of aromatic nitrogens is 2. The number of benzene rings is 1. The van der Waals surface area contributed by atoms with E-state index in [0.717, 1.165) is 0 Å². The SMILES string of the molecule is CC(c1ccccc1[N+](=O)[O-])n1ncc(Cl)c1N. The molecule has 1 heterocycles. The number of nitrogen functional groups attached to an aromatic ring is 1. The predicted molar refractivity (Wildman–Crippen MR) is 68.6 cm³/mol. The summed E-state index contributed by atoms with van der Waals surface area (Å²) in [5, 5.41) is 15.3. The molecule has 18 heavy (non-hydrogen) atoms. The molecular weight excluding hydrogens is 256 g/mol. The van der Waals surface area contributed by atoms with Crippen LogP contribution in [-0.2, 0) is 0 Å². The highest BCUT2D eigenvalue weighted by Crippen LogP contribution is 2.30. The maximum Gasteiger partial charge on any atom is 0.274 e. The molecule has 1 unspecified atom stereocenters. The summed E-state index contributed by atoms with van der Waals surface area (Å²) in [7, 11) is 0. The molecule has 94 valence electrons. The van der Waals surface area contributed by atoms with Crippen LogP contribution in [0.1, 0.15) is 18.5 Å². The van der Waals surface area contributed by atoms with Gasteiger partial charge in [-0.1, -0.05) is 29.8 Å². The van der Waals surface area contributed by atoms with Crippen molar-refractivity contribution in [3.05, 3.63) is 51.2 Å². The Kier molecular flexibility index (Phi) is 3.20. The fourth-order valence-corrected chi connectivity index (χ4v) is 1.93. The Morgan fingerprint density at radius 3 is 2.72 bits per heavy atom. The first-order valence-electron chi connectivity index (χ1n) is 5.24. The summed E-state index contributed by atoms with van der Waals surface area (Å²) in [5.74, 6) is 0.294. The van der Waals surface area contributed by atoms with Gasteiger partial charge in [-0.2, -0.15) is 5.10 Å². The molecule has 0 radical (unpaired) electrons. The lowest BCUT2D eigenvalue weighted by Gasteiger charge is -2.14. The number of nitro groups is 1. The number of para-hydroxylation sites is 1. The first-order valence-corrected chi connectivity index (χ1v) is 5.62. The molecule has 0 saturated heterocycles. The van der Waals surface area contributed by atoms with Crippen LogP contribution in [0.25, 0.3) is 0 Å². The van der Waals surface area contributed by atoms with Crippen LogP contribution in [0.5, 0.6) is 0 Å². The van der Waals surface area contributed by atoms with Crippen LogP contribution in [0.15, 0.2) is 30.5 Å². The van der Waals surface area contributed by atoms with E-state index in [4.69, 9.17) is 17.3 Å². The van der Waals surface area contributed by atoms with Crippen LogP contribution in [0, 0.1) is 10.1 Å². The van der Waals surface area contributed by atoms with Crippen LogP contribution in [-0.4, -0.2) is 14.7 Å². The largest absolute Gasteiger partial charge is 0.383 e. The van der Waals surface area contributed by atoms with Gasteiger partial charge in [-0.15, -0.1) is 0 Å². The Bertz CT molecular complexity index is 596. The van der Waals surface area contributed by atoms with E-state index < -0.39 is 4.92 Å². The van der Waals surface area contributed by atoms with E-state index in [-0.39, 0.29) is 11.7 Å². The second kappa shape index (κ2) is 4.66. The molecule has 6 nitrogen and oxygen atoms in total. The zero-order valence-corrected chi connectivity index (χ0v) is 10.3. The summed E-state index contributed by atoms with van der Waals surface area (Å²) in [4.78, 5) is 10.5. The van der Waals surface area contributed by atoms with E-state index >= 15 is 0 Å². The fourth-order valence-electron chi connectivity index (χ4n) is 1.80. The second-order valence-corrected chi connectivity index (χ2v) is 4.22. The van der Waals surface area contributed by atoms with Crippen molar-refractivity contribution in [2.75, 3.05) is 5.73 Å². The first kappa shape index (κ1) is 12.4. The van der Waals surface area contributed by atoms with E-state index in [1.165, 1.54) is 16.9 Å². The second-order valence-electron chi connectivity index (χ2n) is 3.81. The van der Waals surface area contributed by atoms with E-state index in [1.54, 1.807) is 25.1 Å². The predicted octanol–water partition coefficient (Wildman–Crippen LogP) is 2.64. The highest BCUT2D eigenvalue weighted by Gasteiger charge is 2.21. The minimum atomic E-state index is -0.423. The van der Waals surface area contributed by atoms with Crippen LogP contribution in [0.2, 0.25) is 5.02 Å². The number of nitrogens with zero attached hydrogens (tertiary/aromatic N) is 3.